The van der Waals surface area contributed by atoms with Crippen molar-refractivity contribution in [2.24, 2.45) is 0 Å². The summed E-state index contributed by atoms with van der Waals surface area (Å²) in [6, 6.07) is 13.7. The molecule has 0 aromatic heterocycles. The lowest BCUT2D eigenvalue weighted by Gasteiger charge is -2.11. The Bertz CT molecular complexity index is 750. The average Bonchev–Trinajstić information content (AvgIpc) is 2.59. The third-order valence-electron chi connectivity index (χ3n) is 3.30. The molecule has 0 aliphatic carbocycles. The highest BCUT2D eigenvalue weighted by Crippen LogP contribution is 2.14. The Morgan fingerprint density at radius 2 is 1.83 bits per heavy atom. The van der Waals surface area contributed by atoms with Gasteiger partial charge in [0.1, 0.15) is 5.75 Å². The van der Waals surface area contributed by atoms with Crippen LogP contribution in [0, 0.1) is 0 Å². The van der Waals surface area contributed by atoms with E-state index in [1.807, 2.05) is 6.07 Å². The fourth-order valence-corrected chi connectivity index (χ4v) is 2.23. The lowest BCUT2D eigenvalue weighted by molar-refractivity contribution is -0.140. The Balaban J connectivity index is 1.96. The van der Waals surface area contributed by atoms with E-state index in [0.29, 0.717) is 16.3 Å². The molecule has 0 saturated heterocycles. The lowest BCUT2D eigenvalue weighted by atomic mass is 10.1. The number of carbonyl (C=O) groups is 2. The molecule has 0 bridgehead atoms. The Hall–Kier alpha value is -2.59. The van der Waals surface area contributed by atoms with E-state index in [1.54, 1.807) is 55.7 Å². The van der Waals surface area contributed by atoms with Gasteiger partial charge in [-0.05, 0) is 55.0 Å². The highest BCUT2D eigenvalue weighted by atomic mass is 35.5. The van der Waals surface area contributed by atoms with Crippen LogP contribution in [0.25, 0.3) is 6.08 Å². The van der Waals surface area contributed by atoms with E-state index in [4.69, 9.17) is 21.1 Å². The first-order valence-corrected chi connectivity index (χ1v) is 7.70. The Labute approximate surface area is 145 Å². The normalized spacial score (nSPS) is 12.0. The molecule has 0 aliphatic heterocycles. The van der Waals surface area contributed by atoms with Gasteiger partial charge in [0.25, 0.3) is 0 Å². The zero-order chi connectivity index (χ0) is 17.5. The molecule has 0 radical (unpaired) electrons. The number of ketones is 1. The molecule has 0 N–H and O–H groups in total. The van der Waals surface area contributed by atoms with Gasteiger partial charge in [-0.2, -0.15) is 0 Å². The van der Waals surface area contributed by atoms with Crippen molar-refractivity contribution in [2.45, 2.75) is 13.0 Å². The van der Waals surface area contributed by atoms with Crippen LogP contribution >= 0.6 is 11.6 Å². The van der Waals surface area contributed by atoms with Crippen LogP contribution in [-0.4, -0.2) is 25.0 Å². The summed E-state index contributed by atoms with van der Waals surface area (Å²) in [5.41, 5.74) is 1.23. The Morgan fingerprint density at radius 3 is 2.46 bits per heavy atom. The van der Waals surface area contributed by atoms with Crippen LogP contribution in [0.15, 0.2) is 54.6 Å². The fraction of sp³-hybridized carbons (Fsp3) is 0.158. The predicted octanol–water partition coefficient (Wildman–Crippen LogP) is 4.18. The van der Waals surface area contributed by atoms with Crippen LogP contribution in [-0.2, 0) is 9.53 Å². The monoisotopic (exact) mass is 344 g/mol. The molecule has 2 aromatic carbocycles. The first-order valence-electron chi connectivity index (χ1n) is 7.32. The van der Waals surface area contributed by atoms with Gasteiger partial charge in [-0.15, -0.1) is 0 Å². The summed E-state index contributed by atoms with van der Waals surface area (Å²) >= 11 is 5.87. The molecular formula is C19H17ClO4. The van der Waals surface area contributed by atoms with E-state index in [0.717, 1.165) is 5.56 Å². The van der Waals surface area contributed by atoms with Crippen LogP contribution in [0.1, 0.15) is 22.8 Å². The van der Waals surface area contributed by atoms with Crippen LogP contribution < -0.4 is 4.74 Å². The van der Waals surface area contributed by atoms with E-state index in [9.17, 15) is 9.59 Å². The zero-order valence-electron chi connectivity index (χ0n) is 13.4. The number of Topliss-reactive ketones (excluding diaryl/α,β-unsaturated/α-hetero) is 1. The van der Waals surface area contributed by atoms with Gasteiger partial charge in [0.2, 0.25) is 5.78 Å². The maximum absolute atomic E-state index is 12.2. The average molecular weight is 345 g/mol. The molecule has 124 valence electrons. The summed E-state index contributed by atoms with van der Waals surface area (Å²) in [5, 5.41) is 0.577. The molecule has 2 aromatic rings. The minimum atomic E-state index is -0.880. The van der Waals surface area contributed by atoms with Crippen molar-refractivity contribution in [1.82, 2.24) is 0 Å². The molecule has 0 saturated carbocycles. The molecule has 0 unspecified atom stereocenters. The molecule has 0 heterocycles. The molecule has 5 heteroatoms. The van der Waals surface area contributed by atoms with Crippen molar-refractivity contribution >= 4 is 29.4 Å². The van der Waals surface area contributed by atoms with Gasteiger partial charge in [-0.1, -0.05) is 23.7 Å². The molecule has 24 heavy (non-hydrogen) atoms. The Kier molecular flexibility index (Phi) is 6.15. The molecule has 0 amide bonds. The third kappa shape index (κ3) is 4.96. The molecule has 1 atom stereocenters. The maximum Gasteiger partial charge on any atom is 0.331 e. The minimum absolute atomic E-state index is 0.276. The quantitative estimate of drug-likeness (QED) is 0.448. The SMILES string of the molecule is COc1ccc(C(=O)[C@H](C)OC(=O)/C=C/c2cccc(Cl)c2)cc1. The largest absolute Gasteiger partial charge is 0.497 e. The number of esters is 1. The van der Waals surface area contributed by atoms with Crippen LogP contribution in [0.2, 0.25) is 5.02 Å². The molecule has 0 aliphatic rings. The highest BCUT2D eigenvalue weighted by Gasteiger charge is 2.18. The van der Waals surface area contributed by atoms with Gasteiger partial charge in [-0.3, -0.25) is 4.79 Å². The third-order valence-corrected chi connectivity index (χ3v) is 3.53. The fourth-order valence-electron chi connectivity index (χ4n) is 2.03. The topological polar surface area (TPSA) is 52.6 Å². The summed E-state index contributed by atoms with van der Waals surface area (Å²) in [6.45, 7) is 1.54. The summed E-state index contributed by atoms with van der Waals surface area (Å²) in [6.07, 6.45) is 1.97. The number of hydrogen-bond donors (Lipinski definition) is 0. The van der Waals surface area contributed by atoms with Gasteiger partial charge in [-0.25, -0.2) is 4.79 Å². The summed E-state index contributed by atoms with van der Waals surface area (Å²) in [5.74, 6) is -0.216. The standard InChI is InChI=1S/C19H17ClO4/c1-13(19(22)15-7-9-17(23-2)10-8-15)24-18(21)11-6-14-4-3-5-16(20)12-14/h3-13H,1-2H3/b11-6+/t13-/m0/s1. The van der Waals surface area contributed by atoms with Gasteiger partial charge in [0, 0.05) is 16.7 Å². The number of benzene rings is 2. The second-order valence-corrected chi connectivity index (χ2v) is 5.50. The molecule has 0 spiro atoms. The summed E-state index contributed by atoms with van der Waals surface area (Å²) in [4.78, 5) is 24.1. The number of rotatable bonds is 6. The zero-order valence-corrected chi connectivity index (χ0v) is 14.1. The molecule has 4 nitrogen and oxygen atoms in total. The van der Waals surface area contributed by atoms with Crippen molar-refractivity contribution in [3.8, 4) is 5.75 Å². The Morgan fingerprint density at radius 1 is 1.12 bits per heavy atom. The number of methoxy groups -OCH3 is 1. The number of hydrogen-bond acceptors (Lipinski definition) is 4. The number of halogens is 1. The van der Waals surface area contributed by atoms with Gasteiger partial charge >= 0.3 is 5.97 Å². The second kappa shape index (κ2) is 8.31. The second-order valence-electron chi connectivity index (χ2n) is 5.06. The summed E-state index contributed by atoms with van der Waals surface area (Å²) in [7, 11) is 1.55. The van der Waals surface area contributed by atoms with Crippen molar-refractivity contribution in [2.75, 3.05) is 7.11 Å². The van der Waals surface area contributed by atoms with E-state index in [-0.39, 0.29) is 5.78 Å². The lowest BCUT2D eigenvalue weighted by Crippen LogP contribution is -2.23. The van der Waals surface area contributed by atoms with Crippen molar-refractivity contribution in [3.05, 3.63) is 70.8 Å². The van der Waals surface area contributed by atoms with Gasteiger partial charge in [0.05, 0.1) is 7.11 Å². The van der Waals surface area contributed by atoms with Crippen LogP contribution in [0.3, 0.4) is 0 Å². The van der Waals surface area contributed by atoms with Crippen molar-refractivity contribution < 1.29 is 19.1 Å². The van der Waals surface area contributed by atoms with E-state index in [1.165, 1.54) is 13.0 Å². The minimum Gasteiger partial charge on any atom is -0.497 e. The van der Waals surface area contributed by atoms with Gasteiger partial charge in [0.15, 0.2) is 6.10 Å². The number of carbonyl (C=O) groups excluding carboxylic acids is 2. The highest BCUT2D eigenvalue weighted by molar-refractivity contribution is 6.30. The predicted molar refractivity (Wildman–Crippen MR) is 93.4 cm³/mol. The first-order chi connectivity index (χ1) is 11.5. The molecule has 2 rings (SSSR count). The first kappa shape index (κ1) is 17.8. The van der Waals surface area contributed by atoms with Gasteiger partial charge < -0.3 is 9.47 Å². The number of ether oxygens (including phenoxy) is 2. The van der Waals surface area contributed by atoms with Crippen LogP contribution in [0.5, 0.6) is 5.75 Å². The maximum atomic E-state index is 12.2. The smallest absolute Gasteiger partial charge is 0.331 e. The molecular weight excluding hydrogens is 328 g/mol. The van der Waals surface area contributed by atoms with Crippen LogP contribution in [0.4, 0.5) is 0 Å². The van der Waals surface area contributed by atoms with Crippen molar-refractivity contribution in [3.63, 3.8) is 0 Å². The summed E-state index contributed by atoms with van der Waals surface area (Å²) < 4.78 is 10.2. The van der Waals surface area contributed by atoms with Crippen molar-refractivity contribution in [1.29, 1.82) is 0 Å². The van der Waals surface area contributed by atoms with E-state index >= 15 is 0 Å². The van der Waals surface area contributed by atoms with E-state index < -0.39 is 12.1 Å². The molecule has 0 fully saturated rings. The van der Waals surface area contributed by atoms with E-state index in [2.05, 4.69) is 0 Å².